The number of aryl methyl sites for hydroxylation is 2. The summed E-state index contributed by atoms with van der Waals surface area (Å²) in [5, 5.41) is 1.13. The Hall–Kier alpha value is -2.37. The van der Waals surface area contributed by atoms with Crippen LogP contribution in [-0.2, 0) is 7.05 Å². The van der Waals surface area contributed by atoms with Crippen molar-refractivity contribution in [1.29, 1.82) is 0 Å². The van der Waals surface area contributed by atoms with Crippen LogP contribution in [0, 0.1) is 24.6 Å². The number of likely N-dealkylation sites (tertiary alicyclic amines) is 2. The standard InChI is InChI=1S/C24H26FN3O.ClH/c1-15-19-9-4-5-10-21(19)27(3)22(15)24(29)28-13-17-12-26(2)23(20(17)14-28)16-7-6-8-18(25)11-16;/h4-11,17,20,23H,12-14H2,1-3H3;1H/t17-,20+,23-;/m0./s1. The minimum absolute atomic E-state index is 0. The maximum absolute atomic E-state index is 13.8. The average Bonchev–Trinajstić information content (AvgIpc) is 3.31. The molecule has 3 aromatic rings. The van der Waals surface area contributed by atoms with Gasteiger partial charge >= 0.3 is 0 Å². The Morgan fingerprint density at radius 3 is 2.53 bits per heavy atom. The molecular weight excluding hydrogens is 401 g/mol. The molecule has 30 heavy (non-hydrogen) atoms. The number of rotatable bonds is 2. The van der Waals surface area contributed by atoms with Crippen LogP contribution in [0.2, 0.25) is 0 Å². The molecule has 2 aliphatic rings. The first-order valence-corrected chi connectivity index (χ1v) is 10.2. The van der Waals surface area contributed by atoms with Gasteiger partial charge in [0.25, 0.3) is 5.91 Å². The molecule has 1 amide bonds. The number of benzene rings is 2. The van der Waals surface area contributed by atoms with Gasteiger partial charge in [0.15, 0.2) is 0 Å². The Labute approximate surface area is 182 Å². The molecule has 2 saturated heterocycles. The predicted molar refractivity (Wildman–Crippen MR) is 120 cm³/mol. The van der Waals surface area contributed by atoms with E-state index < -0.39 is 0 Å². The minimum Gasteiger partial charge on any atom is -0.339 e. The van der Waals surface area contributed by atoms with Crippen molar-refractivity contribution >= 4 is 29.2 Å². The first kappa shape index (κ1) is 20.9. The van der Waals surface area contributed by atoms with E-state index in [2.05, 4.69) is 24.1 Å². The third-order valence-electron chi connectivity index (χ3n) is 6.93. The predicted octanol–water partition coefficient (Wildman–Crippen LogP) is 4.42. The van der Waals surface area contributed by atoms with E-state index in [1.54, 1.807) is 12.1 Å². The van der Waals surface area contributed by atoms with E-state index in [0.717, 1.165) is 47.4 Å². The fraction of sp³-hybridized carbons (Fsp3) is 0.375. The highest BCUT2D eigenvalue weighted by Gasteiger charge is 2.47. The van der Waals surface area contributed by atoms with Crippen molar-refractivity contribution in [1.82, 2.24) is 14.4 Å². The Morgan fingerprint density at radius 2 is 1.80 bits per heavy atom. The Balaban J connectivity index is 0.00000218. The van der Waals surface area contributed by atoms with Crippen LogP contribution in [0.1, 0.15) is 27.7 Å². The average molecular weight is 428 g/mol. The highest BCUT2D eigenvalue weighted by atomic mass is 35.5. The summed E-state index contributed by atoms with van der Waals surface area (Å²) >= 11 is 0. The summed E-state index contributed by atoms with van der Waals surface area (Å²) < 4.78 is 15.8. The van der Waals surface area contributed by atoms with Gasteiger partial charge in [0, 0.05) is 49.5 Å². The molecular formula is C24H27ClFN3O. The van der Waals surface area contributed by atoms with E-state index in [0.29, 0.717) is 11.8 Å². The van der Waals surface area contributed by atoms with Gasteiger partial charge in [0.05, 0.1) is 0 Å². The fourth-order valence-electron chi connectivity index (χ4n) is 5.65. The number of nitrogens with zero attached hydrogens (tertiary/aromatic N) is 3. The summed E-state index contributed by atoms with van der Waals surface area (Å²) in [6.07, 6.45) is 0. The van der Waals surface area contributed by atoms with Crippen molar-refractivity contribution in [2.45, 2.75) is 13.0 Å². The molecule has 0 aliphatic carbocycles. The molecule has 0 N–H and O–H groups in total. The second-order valence-corrected chi connectivity index (χ2v) is 8.62. The van der Waals surface area contributed by atoms with Gasteiger partial charge in [-0.05, 0) is 49.2 Å². The van der Waals surface area contributed by atoms with Crippen LogP contribution in [0.5, 0.6) is 0 Å². The summed E-state index contributed by atoms with van der Waals surface area (Å²) in [7, 11) is 4.08. The Morgan fingerprint density at radius 1 is 1.03 bits per heavy atom. The van der Waals surface area contributed by atoms with Crippen LogP contribution < -0.4 is 0 Å². The van der Waals surface area contributed by atoms with E-state index >= 15 is 0 Å². The lowest BCUT2D eigenvalue weighted by Crippen LogP contribution is -2.34. The molecule has 3 heterocycles. The van der Waals surface area contributed by atoms with Gasteiger partial charge in [0.2, 0.25) is 0 Å². The van der Waals surface area contributed by atoms with E-state index in [1.807, 2.05) is 41.6 Å². The Bertz CT molecular complexity index is 1070. The minimum atomic E-state index is -0.198. The number of hydrogen-bond acceptors (Lipinski definition) is 2. The summed E-state index contributed by atoms with van der Waals surface area (Å²) in [4.78, 5) is 17.8. The molecule has 0 radical (unpaired) electrons. The van der Waals surface area contributed by atoms with Crippen LogP contribution in [0.15, 0.2) is 48.5 Å². The zero-order valence-electron chi connectivity index (χ0n) is 17.5. The quantitative estimate of drug-likeness (QED) is 0.605. The molecule has 0 saturated carbocycles. The largest absolute Gasteiger partial charge is 0.339 e. The zero-order valence-corrected chi connectivity index (χ0v) is 18.3. The third-order valence-corrected chi connectivity index (χ3v) is 6.93. The molecule has 0 bridgehead atoms. The molecule has 0 spiro atoms. The molecule has 2 aliphatic heterocycles. The van der Waals surface area contributed by atoms with Crippen LogP contribution in [-0.4, -0.2) is 47.0 Å². The fourth-order valence-corrected chi connectivity index (χ4v) is 5.65. The molecule has 1 aromatic heterocycles. The second kappa shape index (κ2) is 7.71. The second-order valence-electron chi connectivity index (χ2n) is 8.62. The monoisotopic (exact) mass is 427 g/mol. The van der Waals surface area contributed by atoms with Crippen LogP contribution in [0.25, 0.3) is 10.9 Å². The first-order valence-electron chi connectivity index (χ1n) is 10.2. The smallest absolute Gasteiger partial charge is 0.270 e. The van der Waals surface area contributed by atoms with Crippen molar-refractivity contribution in [2.75, 3.05) is 26.7 Å². The number of para-hydroxylation sites is 1. The number of carbonyl (C=O) groups is 1. The van der Waals surface area contributed by atoms with E-state index in [9.17, 15) is 9.18 Å². The number of carbonyl (C=O) groups excluding carboxylic acids is 1. The lowest BCUT2D eigenvalue weighted by molar-refractivity contribution is 0.0758. The van der Waals surface area contributed by atoms with Gasteiger partial charge in [-0.1, -0.05) is 30.3 Å². The van der Waals surface area contributed by atoms with Crippen LogP contribution >= 0.6 is 12.4 Å². The van der Waals surface area contributed by atoms with E-state index in [1.165, 1.54) is 6.07 Å². The molecule has 5 rings (SSSR count). The molecule has 2 fully saturated rings. The SMILES string of the molecule is Cc1c(C(=O)N2C[C@@H]3CN(C)[C@@H](c4cccc(F)c4)[C@@H]3C2)n(C)c2ccccc12.Cl. The number of hydrogen-bond donors (Lipinski definition) is 0. The topological polar surface area (TPSA) is 28.5 Å². The Kier molecular flexibility index (Phi) is 5.37. The van der Waals surface area contributed by atoms with Crippen molar-refractivity contribution in [3.05, 3.63) is 71.2 Å². The van der Waals surface area contributed by atoms with Crippen molar-refractivity contribution in [3.63, 3.8) is 0 Å². The lowest BCUT2D eigenvalue weighted by Gasteiger charge is -2.27. The first-order chi connectivity index (χ1) is 14.0. The normalized spacial score (nSPS) is 23.6. The summed E-state index contributed by atoms with van der Waals surface area (Å²) in [5.74, 6) is 0.667. The number of halogens is 2. The van der Waals surface area contributed by atoms with Gasteiger partial charge in [-0.2, -0.15) is 0 Å². The molecule has 2 aromatic carbocycles. The van der Waals surface area contributed by atoms with Crippen molar-refractivity contribution in [2.24, 2.45) is 18.9 Å². The van der Waals surface area contributed by atoms with E-state index in [4.69, 9.17) is 0 Å². The van der Waals surface area contributed by atoms with Crippen LogP contribution in [0.4, 0.5) is 4.39 Å². The third kappa shape index (κ3) is 3.12. The molecule has 0 unspecified atom stereocenters. The molecule has 4 nitrogen and oxygen atoms in total. The van der Waals surface area contributed by atoms with Gasteiger partial charge in [-0.25, -0.2) is 4.39 Å². The molecule has 6 heteroatoms. The summed E-state index contributed by atoms with van der Waals surface area (Å²) in [6, 6.07) is 15.2. The van der Waals surface area contributed by atoms with E-state index in [-0.39, 0.29) is 30.2 Å². The molecule has 158 valence electrons. The summed E-state index contributed by atoms with van der Waals surface area (Å²) in [5.41, 5.74) is 3.92. The lowest BCUT2D eigenvalue weighted by atomic mass is 9.89. The van der Waals surface area contributed by atoms with Gasteiger partial charge in [-0.3, -0.25) is 9.69 Å². The van der Waals surface area contributed by atoms with Crippen LogP contribution in [0.3, 0.4) is 0 Å². The van der Waals surface area contributed by atoms with Crippen molar-refractivity contribution < 1.29 is 9.18 Å². The molecule has 3 atom stereocenters. The zero-order chi connectivity index (χ0) is 20.3. The highest BCUT2D eigenvalue weighted by molar-refractivity contribution is 6.01. The highest BCUT2D eigenvalue weighted by Crippen LogP contribution is 2.44. The van der Waals surface area contributed by atoms with Gasteiger partial charge in [-0.15, -0.1) is 12.4 Å². The summed E-state index contributed by atoms with van der Waals surface area (Å²) in [6.45, 7) is 4.45. The van der Waals surface area contributed by atoms with Gasteiger partial charge in [0.1, 0.15) is 11.5 Å². The van der Waals surface area contributed by atoms with Gasteiger partial charge < -0.3 is 9.47 Å². The number of amides is 1. The number of fused-ring (bicyclic) bond motifs is 2. The maximum Gasteiger partial charge on any atom is 0.270 e. The maximum atomic E-state index is 13.8. The van der Waals surface area contributed by atoms with Crippen molar-refractivity contribution in [3.8, 4) is 0 Å². The number of aromatic nitrogens is 1.